The molecule has 1 amide bonds. The van der Waals surface area contributed by atoms with E-state index in [1.807, 2.05) is 59.8 Å². The van der Waals surface area contributed by atoms with Gasteiger partial charge in [-0.3, -0.25) is 4.79 Å². The first-order valence-electron chi connectivity index (χ1n) is 3.92. The maximum atomic E-state index is 11.4. The van der Waals surface area contributed by atoms with E-state index in [0.29, 0.717) is 3.58 Å². The van der Waals surface area contributed by atoms with Gasteiger partial charge in [0.05, 0.1) is 3.58 Å². The van der Waals surface area contributed by atoms with Gasteiger partial charge in [-0.15, -0.1) is 0 Å². The fourth-order valence-corrected chi connectivity index (χ4v) is 0.978. The molecule has 0 atom stereocenters. The molecular formula is C10H10INO. The number of allylic oxidation sites excluding steroid dienone is 1. The van der Waals surface area contributed by atoms with E-state index >= 15 is 0 Å². The summed E-state index contributed by atoms with van der Waals surface area (Å²) in [6.45, 7) is 1.84. The first kappa shape index (κ1) is 10.2. The highest BCUT2D eigenvalue weighted by Gasteiger charge is 2.03. The summed E-state index contributed by atoms with van der Waals surface area (Å²) in [5, 5.41) is 2.78. The number of hydrogen-bond acceptors (Lipinski definition) is 1. The largest absolute Gasteiger partial charge is 0.322 e. The average Bonchev–Trinajstić information content (AvgIpc) is 2.18. The standard InChI is InChI=1S/C10H10INO/c1-2-9(11)10(13)12-8-6-4-3-5-7-8/h2-7H,1H3,(H,12,13)/b9-2-. The van der Waals surface area contributed by atoms with Crippen molar-refractivity contribution in [2.45, 2.75) is 6.92 Å². The molecule has 0 saturated carbocycles. The van der Waals surface area contributed by atoms with E-state index in [-0.39, 0.29) is 5.91 Å². The summed E-state index contributed by atoms with van der Waals surface area (Å²) < 4.78 is 0.696. The Hall–Kier alpha value is -0.840. The Morgan fingerprint density at radius 2 is 2.00 bits per heavy atom. The number of anilines is 1. The second kappa shape index (κ2) is 5.01. The first-order chi connectivity index (χ1) is 6.24. The molecule has 1 rings (SSSR count). The number of amides is 1. The van der Waals surface area contributed by atoms with E-state index in [1.54, 1.807) is 6.08 Å². The maximum Gasteiger partial charge on any atom is 0.261 e. The fourth-order valence-electron chi connectivity index (χ4n) is 0.843. The third kappa shape index (κ3) is 3.18. The summed E-state index contributed by atoms with van der Waals surface area (Å²) in [4.78, 5) is 11.4. The molecule has 0 radical (unpaired) electrons. The van der Waals surface area contributed by atoms with Gasteiger partial charge in [-0.2, -0.15) is 0 Å². The molecule has 0 aromatic heterocycles. The molecule has 0 fully saturated rings. The zero-order chi connectivity index (χ0) is 9.68. The smallest absolute Gasteiger partial charge is 0.261 e. The van der Waals surface area contributed by atoms with Gasteiger partial charge in [0.25, 0.3) is 5.91 Å². The molecule has 1 aromatic rings. The summed E-state index contributed by atoms with van der Waals surface area (Å²) >= 11 is 2.01. The molecule has 0 aliphatic rings. The van der Waals surface area contributed by atoms with Crippen molar-refractivity contribution in [2.75, 3.05) is 5.32 Å². The minimum atomic E-state index is -0.0608. The van der Waals surface area contributed by atoms with E-state index in [9.17, 15) is 4.79 Å². The predicted octanol–water partition coefficient (Wildman–Crippen LogP) is 2.96. The van der Waals surface area contributed by atoms with E-state index in [0.717, 1.165) is 5.69 Å². The van der Waals surface area contributed by atoms with Gasteiger partial charge in [-0.1, -0.05) is 24.3 Å². The zero-order valence-electron chi connectivity index (χ0n) is 7.25. The summed E-state index contributed by atoms with van der Waals surface area (Å²) in [5.74, 6) is -0.0608. The van der Waals surface area contributed by atoms with Crippen LogP contribution in [0.1, 0.15) is 6.92 Å². The molecule has 13 heavy (non-hydrogen) atoms. The minimum absolute atomic E-state index is 0.0608. The molecule has 1 aromatic carbocycles. The van der Waals surface area contributed by atoms with Gasteiger partial charge in [0.15, 0.2) is 0 Å². The highest BCUT2D eigenvalue weighted by atomic mass is 127. The van der Waals surface area contributed by atoms with E-state index in [1.165, 1.54) is 0 Å². The third-order valence-electron chi connectivity index (χ3n) is 1.50. The number of nitrogens with one attached hydrogen (secondary N) is 1. The quantitative estimate of drug-likeness (QED) is 0.657. The summed E-state index contributed by atoms with van der Waals surface area (Å²) in [6.07, 6.45) is 1.78. The Morgan fingerprint density at radius 3 is 2.54 bits per heavy atom. The van der Waals surface area contributed by atoms with Crippen molar-refractivity contribution in [3.63, 3.8) is 0 Å². The Balaban J connectivity index is 2.66. The summed E-state index contributed by atoms with van der Waals surface area (Å²) in [7, 11) is 0. The zero-order valence-corrected chi connectivity index (χ0v) is 9.41. The number of halogens is 1. The molecule has 3 heteroatoms. The Labute approximate surface area is 91.2 Å². The Bertz CT molecular complexity index is 319. The SMILES string of the molecule is C/C=C(\I)C(=O)Nc1ccccc1. The second-order valence-electron chi connectivity index (χ2n) is 2.46. The highest BCUT2D eigenvalue weighted by Crippen LogP contribution is 2.11. The molecule has 0 heterocycles. The Kier molecular flexibility index (Phi) is 3.95. The van der Waals surface area contributed by atoms with Gasteiger partial charge < -0.3 is 5.32 Å². The van der Waals surface area contributed by atoms with E-state index in [4.69, 9.17) is 0 Å². The van der Waals surface area contributed by atoms with Crippen LogP contribution in [0.15, 0.2) is 40.0 Å². The number of hydrogen-bond donors (Lipinski definition) is 1. The molecule has 0 aliphatic heterocycles. The van der Waals surface area contributed by atoms with Gasteiger partial charge in [-0.05, 0) is 41.6 Å². The van der Waals surface area contributed by atoms with Crippen LogP contribution in [0.5, 0.6) is 0 Å². The predicted molar refractivity (Wildman–Crippen MR) is 62.8 cm³/mol. The molecule has 1 N–H and O–H groups in total. The van der Waals surface area contributed by atoms with Gasteiger partial charge in [0.2, 0.25) is 0 Å². The lowest BCUT2D eigenvalue weighted by molar-refractivity contribution is -0.112. The van der Waals surface area contributed by atoms with E-state index < -0.39 is 0 Å². The Morgan fingerprint density at radius 1 is 1.38 bits per heavy atom. The lowest BCUT2D eigenvalue weighted by atomic mass is 10.3. The molecule has 2 nitrogen and oxygen atoms in total. The lowest BCUT2D eigenvalue weighted by Crippen LogP contribution is -2.10. The molecule has 0 aliphatic carbocycles. The van der Waals surface area contributed by atoms with Crippen LogP contribution < -0.4 is 5.32 Å². The number of carbonyl (C=O) groups excluding carboxylic acids is 1. The van der Waals surface area contributed by atoms with Crippen LogP contribution in [0.3, 0.4) is 0 Å². The minimum Gasteiger partial charge on any atom is -0.322 e. The number of benzene rings is 1. The number of carbonyl (C=O) groups is 1. The topological polar surface area (TPSA) is 29.1 Å². The van der Waals surface area contributed by atoms with Crippen LogP contribution in [0.25, 0.3) is 0 Å². The van der Waals surface area contributed by atoms with E-state index in [2.05, 4.69) is 5.32 Å². The van der Waals surface area contributed by atoms with Crippen LogP contribution in [0.4, 0.5) is 5.69 Å². The molecule has 0 bridgehead atoms. The van der Waals surface area contributed by atoms with Crippen LogP contribution in [0.2, 0.25) is 0 Å². The fraction of sp³-hybridized carbons (Fsp3) is 0.100. The van der Waals surface area contributed by atoms with Crippen molar-refractivity contribution in [1.82, 2.24) is 0 Å². The number of para-hydroxylation sites is 1. The third-order valence-corrected chi connectivity index (χ3v) is 2.61. The van der Waals surface area contributed by atoms with Crippen LogP contribution in [-0.2, 0) is 4.79 Å². The summed E-state index contributed by atoms with van der Waals surface area (Å²) in [5.41, 5.74) is 0.823. The number of rotatable bonds is 2. The van der Waals surface area contributed by atoms with Crippen molar-refractivity contribution in [3.05, 3.63) is 40.0 Å². The normalized spacial score (nSPS) is 11.1. The summed E-state index contributed by atoms with van der Waals surface area (Å²) in [6, 6.07) is 9.40. The van der Waals surface area contributed by atoms with Crippen molar-refractivity contribution in [2.24, 2.45) is 0 Å². The van der Waals surface area contributed by atoms with Gasteiger partial charge in [0, 0.05) is 5.69 Å². The van der Waals surface area contributed by atoms with Gasteiger partial charge >= 0.3 is 0 Å². The molecule has 0 unspecified atom stereocenters. The highest BCUT2D eigenvalue weighted by molar-refractivity contribution is 14.1. The van der Waals surface area contributed by atoms with Crippen molar-refractivity contribution in [1.29, 1.82) is 0 Å². The first-order valence-corrected chi connectivity index (χ1v) is 5.00. The van der Waals surface area contributed by atoms with Crippen LogP contribution in [-0.4, -0.2) is 5.91 Å². The van der Waals surface area contributed by atoms with Crippen molar-refractivity contribution in [3.8, 4) is 0 Å². The van der Waals surface area contributed by atoms with Crippen LogP contribution in [0, 0.1) is 0 Å². The second-order valence-corrected chi connectivity index (χ2v) is 3.62. The molecule has 0 spiro atoms. The maximum absolute atomic E-state index is 11.4. The van der Waals surface area contributed by atoms with Gasteiger partial charge in [-0.25, -0.2) is 0 Å². The molecule has 0 saturated heterocycles. The monoisotopic (exact) mass is 287 g/mol. The molecular weight excluding hydrogens is 277 g/mol. The lowest BCUT2D eigenvalue weighted by Gasteiger charge is -2.02. The molecule has 68 valence electrons. The van der Waals surface area contributed by atoms with Crippen molar-refractivity contribution < 1.29 is 4.79 Å². The van der Waals surface area contributed by atoms with Crippen LogP contribution >= 0.6 is 22.6 Å². The van der Waals surface area contributed by atoms with Gasteiger partial charge in [0.1, 0.15) is 0 Å². The van der Waals surface area contributed by atoms with Crippen molar-refractivity contribution >= 4 is 34.2 Å². The average molecular weight is 287 g/mol.